The number of aromatic nitrogens is 2. The van der Waals surface area contributed by atoms with Crippen molar-refractivity contribution < 1.29 is 9.90 Å². The smallest absolute Gasteiger partial charge is 0.342 e. The number of nitrogens with zero attached hydrogens (tertiary/aromatic N) is 2. The van der Waals surface area contributed by atoms with Crippen LogP contribution in [0.15, 0.2) is 15.8 Å². The zero-order valence-corrected chi connectivity index (χ0v) is 9.34. The van der Waals surface area contributed by atoms with Crippen molar-refractivity contribution in [3.63, 3.8) is 0 Å². The highest BCUT2D eigenvalue weighted by atomic mass is 16.4. The van der Waals surface area contributed by atoms with Crippen LogP contribution in [0.4, 0.5) is 0 Å². The fourth-order valence-electron chi connectivity index (χ4n) is 2.05. The number of likely N-dealkylation sites (tertiary alicyclic amines) is 1. The van der Waals surface area contributed by atoms with E-state index in [1.54, 1.807) is 0 Å². The summed E-state index contributed by atoms with van der Waals surface area (Å²) in [5, 5.41) is 8.83. The Labute approximate surface area is 96.3 Å². The highest BCUT2D eigenvalue weighted by molar-refractivity contribution is 5.86. The fraction of sp³-hybridized carbons (Fsp3) is 0.500. The molecule has 7 heteroatoms. The van der Waals surface area contributed by atoms with Crippen molar-refractivity contribution in [2.45, 2.75) is 12.5 Å². The van der Waals surface area contributed by atoms with Crippen LogP contribution >= 0.6 is 0 Å². The average Bonchev–Trinajstić information content (AvgIpc) is 2.64. The molecule has 0 amide bonds. The summed E-state index contributed by atoms with van der Waals surface area (Å²) in [4.78, 5) is 37.8. The molecule has 0 saturated carbocycles. The van der Waals surface area contributed by atoms with E-state index in [0.29, 0.717) is 6.54 Å². The molecule has 0 spiro atoms. The molecule has 2 N–H and O–H groups in total. The molecule has 2 rings (SSSR count). The first kappa shape index (κ1) is 11.6. The largest absolute Gasteiger partial charge is 0.477 e. The summed E-state index contributed by atoms with van der Waals surface area (Å²) < 4.78 is 1.30. The molecule has 0 bridgehead atoms. The van der Waals surface area contributed by atoms with Gasteiger partial charge in [-0.1, -0.05) is 0 Å². The monoisotopic (exact) mass is 239 g/mol. The molecule has 0 aromatic carbocycles. The highest BCUT2D eigenvalue weighted by Gasteiger charge is 2.23. The van der Waals surface area contributed by atoms with Crippen molar-refractivity contribution >= 4 is 5.97 Å². The Hall–Kier alpha value is -1.89. The van der Waals surface area contributed by atoms with Gasteiger partial charge in [-0.15, -0.1) is 0 Å². The number of nitrogens with one attached hydrogen (secondary N) is 1. The van der Waals surface area contributed by atoms with Crippen LogP contribution < -0.4 is 11.2 Å². The van der Waals surface area contributed by atoms with Gasteiger partial charge in [0.15, 0.2) is 0 Å². The van der Waals surface area contributed by atoms with Gasteiger partial charge >= 0.3 is 11.7 Å². The van der Waals surface area contributed by atoms with Crippen molar-refractivity contribution in [3.05, 3.63) is 32.6 Å². The van der Waals surface area contributed by atoms with E-state index in [1.807, 2.05) is 16.9 Å². The molecule has 1 aliphatic rings. The summed E-state index contributed by atoms with van der Waals surface area (Å²) in [5.74, 6) is -1.33. The third-order valence-electron chi connectivity index (χ3n) is 2.96. The summed E-state index contributed by atoms with van der Waals surface area (Å²) in [6.07, 6.45) is 1.90. The molecule has 1 fully saturated rings. The Morgan fingerprint density at radius 2 is 2.24 bits per heavy atom. The van der Waals surface area contributed by atoms with Crippen LogP contribution in [0.5, 0.6) is 0 Å². The van der Waals surface area contributed by atoms with E-state index in [9.17, 15) is 14.4 Å². The number of rotatable bonds is 2. The van der Waals surface area contributed by atoms with Crippen LogP contribution in [-0.4, -0.2) is 45.7 Å². The molecule has 2 heterocycles. The molecule has 1 saturated heterocycles. The van der Waals surface area contributed by atoms with Crippen LogP contribution in [0.3, 0.4) is 0 Å². The van der Waals surface area contributed by atoms with Crippen molar-refractivity contribution in [2.24, 2.45) is 0 Å². The first-order valence-corrected chi connectivity index (χ1v) is 5.26. The van der Waals surface area contributed by atoms with Crippen molar-refractivity contribution in [1.29, 1.82) is 0 Å². The van der Waals surface area contributed by atoms with Crippen LogP contribution in [0.2, 0.25) is 0 Å². The van der Waals surface area contributed by atoms with Gasteiger partial charge in [0.2, 0.25) is 0 Å². The summed E-state index contributed by atoms with van der Waals surface area (Å²) in [7, 11) is 1.93. The second kappa shape index (κ2) is 4.17. The lowest BCUT2D eigenvalue weighted by Crippen LogP contribution is -2.36. The van der Waals surface area contributed by atoms with Gasteiger partial charge in [0, 0.05) is 12.7 Å². The number of carbonyl (C=O) groups is 1. The summed E-state index contributed by atoms with van der Waals surface area (Å²) in [5.41, 5.74) is -1.82. The molecule has 1 aromatic rings. The Morgan fingerprint density at radius 3 is 2.76 bits per heavy atom. The van der Waals surface area contributed by atoms with E-state index >= 15 is 0 Å². The van der Waals surface area contributed by atoms with Gasteiger partial charge < -0.3 is 10.0 Å². The first-order chi connectivity index (χ1) is 7.99. The van der Waals surface area contributed by atoms with E-state index in [4.69, 9.17) is 5.11 Å². The second-order valence-corrected chi connectivity index (χ2v) is 4.22. The average molecular weight is 239 g/mol. The van der Waals surface area contributed by atoms with Gasteiger partial charge in [-0.25, -0.2) is 9.59 Å². The Balaban J connectivity index is 2.47. The number of H-pyrrole nitrogens is 1. The third kappa shape index (κ3) is 2.14. The van der Waals surface area contributed by atoms with Crippen LogP contribution in [0.1, 0.15) is 22.8 Å². The molecule has 0 aliphatic carbocycles. The normalized spacial score (nSPS) is 20.6. The highest BCUT2D eigenvalue weighted by Crippen LogP contribution is 2.17. The van der Waals surface area contributed by atoms with Gasteiger partial charge in [0.1, 0.15) is 5.56 Å². The molecule has 1 aromatic heterocycles. The predicted octanol–water partition coefficient (Wildman–Crippen LogP) is -0.889. The molecule has 1 aliphatic heterocycles. The van der Waals surface area contributed by atoms with Gasteiger partial charge in [0.25, 0.3) is 5.56 Å². The van der Waals surface area contributed by atoms with Crippen LogP contribution in [0, 0.1) is 0 Å². The van der Waals surface area contributed by atoms with E-state index in [0.717, 1.165) is 19.2 Å². The topological polar surface area (TPSA) is 95.4 Å². The van der Waals surface area contributed by atoms with Gasteiger partial charge in [-0.3, -0.25) is 14.3 Å². The summed E-state index contributed by atoms with van der Waals surface area (Å²) >= 11 is 0. The van der Waals surface area contributed by atoms with Crippen LogP contribution in [0.25, 0.3) is 0 Å². The second-order valence-electron chi connectivity index (χ2n) is 4.22. The molecule has 17 heavy (non-hydrogen) atoms. The summed E-state index contributed by atoms with van der Waals surface area (Å²) in [6.45, 7) is 1.52. The summed E-state index contributed by atoms with van der Waals surface area (Å²) in [6, 6.07) is -0.0811. The number of hydrogen-bond acceptors (Lipinski definition) is 4. The number of aromatic carboxylic acids is 1. The number of likely N-dealkylation sites (N-methyl/N-ethyl adjacent to an activating group) is 1. The standard InChI is InChI=1S/C10H13N3O4/c1-12-3-2-6(4-12)13-5-7(9(15)16)8(14)11-10(13)17/h5-6H,2-4H2,1H3,(H,15,16)(H,11,14,17). The quantitative estimate of drug-likeness (QED) is 0.698. The lowest BCUT2D eigenvalue weighted by molar-refractivity contribution is 0.0693. The number of aromatic amines is 1. The van der Waals surface area contributed by atoms with E-state index < -0.39 is 22.8 Å². The van der Waals surface area contributed by atoms with Crippen molar-refractivity contribution in [3.8, 4) is 0 Å². The van der Waals surface area contributed by atoms with Crippen molar-refractivity contribution in [1.82, 2.24) is 14.5 Å². The minimum absolute atomic E-state index is 0.0811. The predicted molar refractivity (Wildman–Crippen MR) is 59.4 cm³/mol. The lowest BCUT2D eigenvalue weighted by Gasteiger charge is -2.13. The lowest BCUT2D eigenvalue weighted by atomic mass is 10.2. The SMILES string of the molecule is CN1CCC(n2cc(C(=O)O)c(=O)[nH]c2=O)C1. The van der Waals surface area contributed by atoms with Gasteiger partial charge in [-0.2, -0.15) is 0 Å². The van der Waals surface area contributed by atoms with Gasteiger partial charge in [0.05, 0.1) is 6.04 Å². The zero-order chi connectivity index (χ0) is 12.6. The Kier molecular flexibility index (Phi) is 2.84. The van der Waals surface area contributed by atoms with E-state index in [1.165, 1.54) is 4.57 Å². The number of carboxylic acid groups (broad SMARTS) is 1. The molecule has 7 nitrogen and oxygen atoms in total. The van der Waals surface area contributed by atoms with E-state index in [2.05, 4.69) is 0 Å². The maximum Gasteiger partial charge on any atom is 0.342 e. The molecule has 1 atom stereocenters. The third-order valence-corrected chi connectivity index (χ3v) is 2.96. The Morgan fingerprint density at radius 1 is 1.53 bits per heavy atom. The first-order valence-electron chi connectivity index (χ1n) is 5.26. The Bertz CT molecular complexity index is 559. The van der Waals surface area contributed by atoms with Crippen LogP contribution in [-0.2, 0) is 0 Å². The zero-order valence-electron chi connectivity index (χ0n) is 9.34. The maximum atomic E-state index is 11.6. The molecule has 1 unspecified atom stereocenters. The number of hydrogen-bond donors (Lipinski definition) is 2. The molecular weight excluding hydrogens is 226 g/mol. The van der Waals surface area contributed by atoms with Gasteiger partial charge in [-0.05, 0) is 20.0 Å². The van der Waals surface area contributed by atoms with E-state index in [-0.39, 0.29) is 6.04 Å². The molecular formula is C10H13N3O4. The molecule has 0 radical (unpaired) electrons. The fourth-order valence-corrected chi connectivity index (χ4v) is 2.05. The minimum atomic E-state index is -1.33. The minimum Gasteiger partial charge on any atom is -0.477 e. The number of carboxylic acids is 1. The maximum absolute atomic E-state index is 11.6. The molecule has 92 valence electrons. The van der Waals surface area contributed by atoms with Crippen molar-refractivity contribution in [2.75, 3.05) is 20.1 Å².